The molecule has 1 aliphatic heterocycles. The van der Waals surface area contributed by atoms with Crippen molar-refractivity contribution < 1.29 is 4.79 Å². The summed E-state index contributed by atoms with van der Waals surface area (Å²) >= 11 is 5.67. The molecular formula is C12H10ClNO. The summed E-state index contributed by atoms with van der Waals surface area (Å²) in [6.45, 7) is 5.76. The Morgan fingerprint density at radius 3 is 2.87 bits per heavy atom. The van der Waals surface area contributed by atoms with E-state index in [0.29, 0.717) is 16.6 Å². The van der Waals surface area contributed by atoms with Crippen LogP contribution in [0.3, 0.4) is 0 Å². The maximum atomic E-state index is 11.8. The summed E-state index contributed by atoms with van der Waals surface area (Å²) in [4.78, 5) is 16.1. The van der Waals surface area contributed by atoms with Gasteiger partial charge in [-0.2, -0.15) is 0 Å². The van der Waals surface area contributed by atoms with Crippen molar-refractivity contribution in [3.63, 3.8) is 0 Å². The van der Waals surface area contributed by atoms with Gasteiger partial charge in [0.2, 0.25) is 0 Å². The first kappa shape index (κ1) is 10.1. The number of carbonyl (C=O) groups excluding carboxylic acids is 1. The van der Waals surface area contributed by atoms with Crippen LogP contribution in [0.25, 0.3) is 6.58 Å². The number of carbonyl (C=O) groups is 1. The third kappa shape index (κ3) is 1.61. The second-order valence-corrected chi connectivity index (χ2v) is 3.78. The molecule has 1 aromatic rings. The van der Waals surface area contributed by atoms with E-state index in [0.717, 1.165) is 10.8 Å². The molecule has 0 radical (unpaired) electrons. The average molecular weight is 220 g/mol. The highest BCUT2D eigenvalue weighted by Gasteiger charge is 2.15. The molecule has 0 spiro atoms. The van der Waals surface area contributed by atoms with E-state index in [4.69, 9.17) is 11.6 Å². The van der Waals surface area contributed by atoms with Gasteiger partial charge in [-0.1, -0.05) is 18.7 Å². The Labute approximate surface area is 92.6 Å². The zero-order valence-corrected chi connectivity index (χ0v) is 9.14. The number of benzene rings is 1. The fourth-order valence-electron chi connectivity index (χ4n) is 1.64. The molecule has 0 fully saturated rings. The number of rotatable bonds is 1. The summed E-state index contributed by atoms with van der Waals surface area (Å²) in [6.07, 6.45) is 1.49. The largest absolute Gasteiger partial charge is 0.289 e. The Bertz CT molecular complexity index is 572. The number of halogens is 1. The van der Waals surface area contributed by atoms with E-state index in [2.05, 4.69) is 11.6 Å². The van der Waals surface area contributed by atoms with Crippen LogP contribution in [0, 0.1) is 6.92 Å². The van der Waals surface area contributed by atoms with Crippen LogP contribution in [-0.2, 0) is 0 Å². The Hall–Kier alpha value is -1.41. The van der Waals surface area contributed by atoms with Gasteiger partial charge in [-0.15, -0.1) is 11.6 Å². The van der Waals surface area contributed by atoms with Crippen molar-refractivity contribution in [2.24, 2.45) is 4.99 Å². The second-order valence-electron chi connectivity index (χ2n) is 3.51. The molecule has 0 bridgehead atoms. The number of allylic oxidation sites excluding steroid dienone is 2. The Balaban J connectivity index is 2.86. The van der Waals surface area contributed by atoms with E-state index in [1.807, 2.05) is 19.1 Å². The van der Waals surface area contributed by atoms with Gasteiger partial charge in [0, 0.05) is 6.08 Å². The van der Waals surface area contributed by atoms with Crippen LogP contribution in [-0.4, -0.2) is 11.7 Å². The highest BCUT2D eigenvalue weighted by Crippen LogP contribution is 2.10. The average Bonchev–Trinajstić information content (AvgIpc) is 2.23. The van der Waals surface area contributed by atoms with Gasteiger partial charge in [0.15, 0.2) is 5.78 Å². The van der Waals surface area contributed by atoms with Crippen molar-refractivity contribution in [3.8, 4) is 0 Å². The fraction of sp³-hybridized carbons (Fsp3) is 0.167. The molecular weight excluding hydrogens is 210 g/mol. The van der Waals surface area contributed by atoms with Crippen molar-refractivity contribution in [1.82, 2.24) is 0 Å². The number of nitrogens with zero attached hydrogens (tertiary/aromatic N) is 1. The van der Waals surface area contributed by atoms with Crippen LogP contribution in [0.2, 0.25) is 0 Å². The maximum Gasteiger partial charge on any atom is 0.190 e. The molecule has 1 aromatic carbocycles. The highest BCUT2D eigenvalue weighted by molar-refractivity contribution is 6.20. The van der Waals surface area contributed by atoms with Crippen molar-refractivity contribution in [1.29, 1.82) is 0 Å². The highest BCUT2D eigenvalue weighted by atomic mass is 35.5. The van der Waals surface area contributed by atoms with Gasteiger partial charge in [0.05, 0.1) is 22.5 Å². The number of hydrogen-bond acceptors (Lipinski definition) is 2. The lowest BCUT2D eigenvalue weighted by Gasteiger charge is -2.09. The summed E-state index contributed by atoms with van der Waals surface area (Å²) in [5, 5.41) is 1.43. The van der Waals surface area contributed by atoms with Gasteiger partial charge in [-0.05, 0) is 17.7 Å². The standard InChI is InChI=1S/C12H10ClNO/c1-7-3-4-8(2)12-11(7)10(15)5-9(6-13)14-12/h3-5H,2,6H2,1H3. The molecule has 2 nitrogen and oxygen atoms in total. The molecule has 3 heteroatoms. The Morgan fingerprint density at radius 2 is 2.20 bits per heavy atom. The molecule has 1 aliphatic rings. The lowest BCUT2D eigenvalue weighted by molar-refractivity contribution is 0.104. The van der Waals surface area contributed by atoms with Gasteiger partial charge < -0.3 is 0 Å². The summed E-state index contributed by atoms with van der Waals surface area (Å²) in [5.74, 6) is 0.220. The molecule has 0 aliphatic carbocycles. The minimum Gasteiger partial charge on any atom is -0.289 e. The van der Waals surface area contributed by atoms with Gasteiger partial charge in [0.1, 0.15) is 0 Å². The molecule has 0 aromatic heterocycles. The molecule has 2 rings (SSSR count). The van der Waals surface area contributed by atoms with Crippen LogP contribution >= 0.6 is 11.6 Å². The zero-order valence-electron chi connectivity index (χ0n) is 8.38. The van der Waals surface area contributed by atoms with Crippen LogP contribution in [0.5, 0.6) is 0 Å². The van der Waals surface area contributed by atoms with E-state index in [1.54, 1.807) is 0 Å². The zero-order chi connectivity index (χ0) is 11.0. The molecule has 76 valence electrons. The summed E-state index contributed by atoms with van der Waals surface area (Å²) in [7, 11) is 0. The Morgan fingerprint density at radius 1 is 1.47 bits per heavy atom. The summed E-state index contributed by atoms with van der Waals surface area (Å²) < 4.78 is 0. The minimum absolute atomic E-state index is 0.0290. The predicted octanol–water partition coefficient (Wildman–Crippen LogP) is 1.34. The van der Waals surface area contributed by atoms with Crippen LogP contribution in [0.1, 0.15) is 15.9 Å². The fourth-order valence-corrected chi connectivity index (χ4v) is 1.78. The normalized spacial score (nSPS) is 14.3. The van der Waals surface area contributed by atoms with Gasteiger partial charge in [0.25, 0.3) is 0 Å². The van der Waals surface area contributed by atoms with E-state index >= 15 is 0 Å². The van der Waals surface area contributed by atoms with Gasteiger partial charge >= 0.3 is 0 Å². The van der Waals surface area contributed by atoms with Crippen molar-refractivity contribution >= 4 is 24.0 Å². The topological polar surface area (TPSA) is 29.4 Å². The van der Waals surface area contributed by atoms with Crippen LogP contribution in [0.4, 0.5) is 0 Å². The van der Waals surface area contributed by atoms with Gasteiger partial charge in [-0.3, -0.25) is 9.79 Å². The number of aryl methyl sites for hydroxylation is 1. The van der Waals surface area contributed by atoms with E-state index < -0.39 is 0 Å². The minimum atomic E-state index is -0.0290. The molecule has 15 heavy (non-hydrogen) atoms. The van der Waals surface area contributed by atoms with Crippen LogP contribution in [0.15, 0.2) is 28.9 Å². The molecule has 0 amide bonds. The second kappa shape index (κ2) is 3.63. The predicted molar refractivity (Wildman–Crippen MR) is 60.6 cm³/mol. The third-order valence-corrected chi connectivity index (χ3v) is 2.68. The number of hydrogen-bond donors (Lipinski definition) is 0. The monoisotopic (exact) mass is 219 g/mol. The lowest BCUT2D eigenvalue weighted by atomic mass is 10.00. The number of fused-ring (bicyclic) bond motifs is 1. The van der Waals surface area contributed by atoms with Crippen molar-refractivity contribution in [3.05, 3.63) is 45.6 Å². The van der Waals surface area contributed by atoms with Crippen LogP contribution < -0.4 is 10.6 Å². The quantitative estimate of drug-likeness (QED) is 0.656. The number of alkyl halides is 1. The molecule has 0 unspecified atom stereocenters. The SMILES string of the molecule is C=c1ccc(C)c2c1=NC(CCl)=CC2=O. The summed E-state index contributed by atoms with van der Waals surface area (Å²) in [5.41, 5.74) is 2.18. The number of ketones is 1. The van der Waals surface area contributed by atoms with Crippen molar-refractivity contribution in [2.75, 3.05) is 5.88 Å². The molecule has 1 heterocycles. The van der Waals surface area contributed by atoms with E-state index in [1.165, 1.54) is 6.08 Å². The first-order valence-corrected chi connectivity index (χ1v) is 5.15. The van der Waals surface area contributed by atoms with Crippen molar-refractivity contribution in [2.45, 2.75) is 6.92 Å². The molecule has 0 N–H and O–H groups in total. The molecule has 0 atom stereocenters. The Kier molecular flexibility index (Phi) is 2.45. The maximum absolute atomic E-state index is 11.8. The summed E-state index contributed by atoms with van der Waals surface area (Å²) in [6, 6.07) is 3.75. The molecule has 0 saturated carbocycles. The van der Waals surface area contributed by atoms with E-state index in [9.17, 15) is 4.79 Å². The first-order chi connectivity index (χ1) is 7.13. The third-order valence-electron chi connectivity index (χ3n) is 2.41. The van der Waals surface area contributed by atoms with E-state index in [-0.39, 0.29) is 11.7 Å². The molecule has 0 saturated heterocycles. The lowest BCUT2D eigenvalue weighted by Crippen LogP contribution is -2.33. The smallest absolute Gasteiger partial charge is 0.190 e. The van der Waals surface area contributed by atoms with Gasteiger partial charge in [-0.25, -0.2) is 0 Å². The first-order valence-electron chi connectivity index (χ1n) is 4.61.